The number of nitrogens with zero attached hydrogens (tertiary/aromatic N) is 2. The van der Waals surface area contributed by atoms with Crippen molar-refractivity contribution in [2.45, 2.75) is 70.1 Å². The molecule has 33 heavy (non-hydrogen) atoms. The number of nitrogens with one attached hydrogen (secondary N) is 2. The van der Waals surface area contributed by atoms with Crippen molar-refractivity contribution in [3.05, 3.63) is 42.4 Å². The van der Waals surface area contributed by atoms with Crippen LogP contribution in [0.25, 0.3) is 11.3 Å². The standard InChI is InChI=1S/C26H37N5O2/c1-17-8-18-9-19(29-15-30-25(33)6-7-27)13-26(11-17,12-18)24(32)10-22-20-4-2-3-5-21(20)23-14-28-16-31(22)23/h2-5,14,16-19,22,24,29,32H,6-13,15,27H2,1H3,(H,30,33). The predicted molar refractivity (Wildman–Crippen MR) is 128 cm³/mol. The van der Waals surface area contributed by atoms with Gasteiger partial charge in [-0.2, -0.15) is 0 Å². The van der Waals surface area contributed by atoms with Gasteiger partial charge in [-0.05, 0) is 61.3 Å². The second-order valence-corrected chi connectivity index (χ2v) is 10.7. The van der Waals surface area contributed by atoms with E-state index in [1.54, 1.807) is 0 Å². The fraction of sp³-hybridized carbons (Fsp3) is 0.615. The van der Waals surface area contributed by atoms with Crippen LogP contribution in [0.2, 0.25) is 0 Å². The van der Waals surface area contributed by atoms with Crippen molar-refractivity contribution in [2.75, 3.05) is 13.2 Å². The van der Waals surface area contributed by atoms with E-state index in [2.05, 4.69) is 51.4 Å². The number of hydrogen-bond acceptors (Lipinski definition) is 5. The second kappa shape index (κ2) is 9.20. The maximum Gasteiger partial charge on any atom is 0.222 e. The lowest BCUT2D eigenvalue weighted by molar-refractivity contribution is -0.121. The Bertz CT molecular complexity index is 987. The van der Waals surface area contributed by atoms with Gasteiger partial charge in [0.15, 0.2) is 0 Å². The molecule has 0 saturated heterocycles. The Morgan fingerprint density at radius 3 is 3.00 bits per heavy atom. The first kappa shape index (κ1) is 22.6. The number of aromatic nitrogens is 2. The van der Waals surface area contributed by atoms with E-state index in [-0.39, 0.29) is 23.5 Å². The van der Waals surface area contributed by atoms with Gasteiger partial charge in [-0.25, -0.2) is 4.98 Å². The van der Waals surface area contributed by atoms with Crippen LogP contribution in [0.15, 0.2) is 36.8 Å². The van der Waals surface area contributed by atoms with Gasteiger partial charge >= 0.3 is 0 Å². The van der Waals surface area contributed by atoms with Gasteiger partial charge < -0.3 is 20.7 Å². The highest BCUT2D eigenvalue weighted by molar-refractivity contribution is 5.75. The summed E-state index contributed by atoms with van der Waals surface area (Å²) in [4.78, 5) is 16.2. The van der Waals surface area contributed by atoms with Crippen molar-refractivity contribution in [1.82, 2.24) is 20.2 Å². The van der Waals surface area contributed by atoms with Crippen LogP contribution in [0.3, 0.4) is 0 Å². The number of hydrogen-bond donors (Lipinski definition) is 4. The minimum Gasteiger partial charge on any atom is -0.392 e. The summed E-state index contributed by atoms with van der Waals surface area (Å²) in [5.74, 6) is 1.23. The van der Waals surface area contributed by atoms with Gasteiger partial charge in [0.1, 0.15) is 0 Å². The number of aliphatic hydroxyl groups excluding tert-OH is 1. The molecule has 1 aromatic carbocycles. The van der Waals surface area contributed by atoms with Gasteiger partial charge in [0.05, 0.1) is 37.0 Å². The van der Waals surface area contributed by atoms with E-state index >= 15 is 0 Å². The van der Waals surface area contributed by atoms with Gasteiger partial charge in [0.25, 0.3) is 0 Å². The number of fused-ring (bicyclic) bond motifs is 5. The third-order valence-electron chi connectivity index (χ3n) is 8.26. The number of rotatable bonds is 8. The van der Waals surface area contributed by atoms with Gasteiger partial charge in [0.2, 0.25) is 5.91 Å². The van der Waals surface area contributed by atoms with E-state index in [9.17, 15) is 9.90 Å². The van der Waals surface area contributed by atoms with E-state index in [1.807, 2.05) is 12.5 Å². The van der Waals surface area contributed by atoms with Crippen molar-refractivity contribution in [3.8, 4) is 11.3 Å². The topological polar surface area (TPSA) is 105 Å². The summed E-state index contributed by atoms with van der Waals surface area (Å²) in [5, 5.41) is 18.3. The summed E-state index contributed by atoms with van der Waals surface area (Å²) < 4.78 is 2.24. The van der Waals surface area contributed by atoms with Crippen molar-refractivity contribution in [3.63, 3.8) is 0 Å². The smallest absolute Gasteiger partial charge is 0.222 e. The van der Waals surface area contributed by atoms with Crippen LogP contribution in [-0.2, 0) is 4.79 Å². The lowest BCUT2D eigenvalue weighted by Crippen LogP contribution is -2.53. The molecule has 3 aliphatic rings. The summed E-state index contributed by atoms with van der Waals surface area (Å²) in [6.45, 7) is 3.17. The largest absolute Gasteiger partial charge is 0.392 e. The molecule has 7 heteroatoms. The molecule has 6 unspecified atom stereocenters. The highest BCUT2D eigenvalue weighted by Crippen LogP contribution is 2.55. The first-order valence-electron chi connectivity index (χ1n) is 12.5. The van der Waals surface area contributed by atoms with Crippen LogP contribution in [0.4, 0.5) is 0 Å². The molecule has 7 nitrogen and oxygen atoms in total. The molecule has 1 aliphatic heterocycles. The molecule has 6 atom stereocenters. The van der Waals surface area contributed by atoms with E-state index in [1.165, 1.54) is 17.5 Å². The Morgan fingerprint density at radius 2 is 2.15 bits per heavy atom. The monoisotopic (exact) mass is 451 g/mol. The Kier molecular flexibility index (Phi) is 6.29. The average molecular weight is 452 g/mol. The maximum atomic E-state index is 11.8. The number of aliphatic hydroxyl groups is 1. The molecule has 0 radical (unpaired) electrons. The summed E-state index contributed by atoms with van der Waals surface area (Å²) in [6.07, 6.45) is 9.97. The zero-order chi connectivity index (χ0) is 23.0. The van der Waals surface area contributed by atoms with Crippen LogP contribution in [0, 0.1) is 17.3 Å². The van der Waals surface area contributed by atoms with E-state index < -0.39 is 0 Å². The maximum absolute atomic E-state index is 11.8. The Labute approximate surface area is 196 Å². The molecular weight excluding hydrogens is 414 g/mol. The van der Waals surface area contributed by atoms with Crippen molar-refractivity contribution in [1.29, 1.82) is 0 Å². The number of carbonyl (C=O) groups excluding carboxylic acids is 1. The molecule has 1 amide bonds. The fourth-order valence-corrected chi connectivity index (χ4v) is 7.12. The van der Waals surface area contributed by atoms with E-state index in [0.29, 0.717) is 43.9 Å². The number of amides is 1. The first-order valence-corrected chi connectivity index (χ1v) is 12.5. The molecule has 178 valence electrons. The van der Waals surface area contributed by atoms with Gasteiger partial charge in [-0.1, -0.05) is 31.2 Å². The quantitative estimate of drug-likeness (QED) is 0.462. The summed E-state index contributed by atoms with van der Waals surface area (Å²) in [7, 11) is 0. The molecule has 2 aliphatic carbocycles. The van der Waals surface area contributed by atoms with Gasteiger partial charge in [-0.3, -0.25) is 10.1 Å². The van der Waals surface area contributed by atoms with Gasteiger partial charge in [-0.15, -0.1) is 0 Å². The van der Waals surface area contributed by atoms with Crippen molar-refractivity contribution < 1.29 is 9.90 Å². The summed E-state index contributed by atoms with van der Waals surface area (Å²) >= 11 is 0. The van der Waals surface area contributed by atoms with Crippen LogP contribution in [-0.4, -0.2) is 45.9 Å². The summed E-state index contributed by atoms with van der Waals surface area (Å²) in [5.41, 5.74) is 9.06. The Balaban J connectivity index is 1.32. The zero-order valence-electron chi connectivity index (χ0n) is 19.5. The number of imidazole rings is 1. The van der Waals surface area contributed by atoms with Crippen LogP contribution in [0.5, 0.6) is 0 Å². The lowest BCUT2D eigenvalue weighted by Gasteiger charge is -2.53. The molecule has 0 spiro atoms. The average Bonchev–Trinajstić information content (AvgIpc) is 3.36. The minimum atomic E-state index is -0.384. The molecule has 5 N–H and O–H groups in total. The molecular formula is C26H37N5O2. The van der Waals surface area contributed by atoms with Crippen LogP contribution in [0.1, 0.15) is 63.5 Å². The predicted octanol–water partition coefficient (Wildman–Crippen LogP) is 2.80. The number of benzene rings is 1. The Hall–Kier alpha value is -2.22. The van der Waals surface area contributed by atoms with Crippen molar-refractivity contribution in [2.24, 2.45) is 23.0 Å². The van der Waals surface area contributed by atoms with Crippen LogP contribution < -0.4 is 16.4 Å². The normalized spacial score (nSPS) is 31.0. The van der Waals surface area contributed by atoms with Crippen molar-refractivity contribution >= 4 is 5.91 Å². The third-order valence-corrected chi connectivity index (χ3v) is 8.26. The molecule has 2 fully saturated rings. The molecule has 2 bridgehead atoms. The molecule has 5 rings (SSSR count). The number of nitrogens with two attached hydrogens (primary N) is 1. The summed E-state index contributed by atoms with van der Waals surface area (Å²) in [6, 6.07) is 8.95. The highest BCUT2D eigenvalue weighted by atomic mass is 16.3. The molecule has 1 aromatic heterocycles. The zero-order valence-corrected chi connectivity index (χ0v) is 19.5. The second-order valence-electron chi connectivity index (χ2n) is 10.7. The molecule has 2 aromatic rings. The molecule has 2 saturated carbocycles. The SMILES string of the molecule is CC1CC2CC(NCNC(=O)CCN)CC(C(O)CC3c4ccccc4-c4cncn43)(C1)C2. The third kappa shape index (κ3) is 4.34. The fourth-order valence-electron chi connectivity index (χ4n) is 7.12. The Morgan fingerprint density at radius 1 is 1.30 bits per heavy atom. The van der Waals surface area contributed by atoms with Crippen LogP contribution >= 0.6 is 0 Å². The first-order chi connectivity index (χ1) is 16.0. The van der Waals surface area contributed by atoms with E-state index in [4.69, 9.17) is 5.73 Å². The minimum absolute atomic E-state index is 0.0135. The van der Waals surface area contributed by atoms with Gasteiger partial charge in [0, 0.05) is 24.6 Å². The van der Waals surface area contributed by atoms with E-state index in [0.717, 1.165) is 31.4 Å². The lowest BCUT2D eigenvalue weighted by atomic mass is 9.55. The highest BCUT2D eigenvalue weighted by Gasteiger charge is 2.50. The molecule has 2 heterocycles. The number of carbonyl (C=O) groups is 1.